The van der Waals surface area contributed by atoms with Crippen molar-refractivity contribution in [2.24, 2.45) is 11.8 Å². The molecular weight excluding hydrogens is 323 g/mol. The standard InChI is InChI=1S/C17H29BN2O5/c1-6-24-15(22)13-12(25-13)14(21)20-17(18,9-11(4)5)16(23)19-8-7-10(2)3/h10-13H,6-9H2,1-5H3,(H,19,23)(H,20,21)/t12-,13-,17?/m0/s1. The predicted molar refractivity (Wildman–Crippen MR) is 93.8 cm³/mol. The fraction of sp³-hybridized carbons (Fsp3) is 0.824. The Hall–Kier alpha value is -1.57. The summed E-state index contributed by atoms with van der Waals surface area (Å²) in [5.74, 6) is -1.08. The average Bonchev–Trinajstić information content (AvgIpc) is 3.26. The first-order valence-electron chi connectivity index (χ1n) is 8.82. The zero-order chi connectivity index (χ0) is 19.2. The third kappa shape index (κ3) is 6.69. The van der Waals surface area contributed by atoms with E-state index in [4.69, 9.17) is 17.3 Å². The smallest absolute Gasteiger partial charge is 0.338 e. The number of epoxide rings is 1. The second-order valence-corrected chi connectivity index (χ2v) is 7.23. The number of amides is 2. The molecular formula is C17H29BN2O5. The number of nitrogens with one attached hydrogen (secondary N) is 2. The minimum absolute atomic E-state index is 0.0853. The molecule has 7 nitrogen and oxygen atoms in total. The van der Waals surface area contributed by atoms with Crippen LogP contribution in [0.5, 0.6) is 0 Å². The van der Waals surface area contributed by atoms with Crippen molar-refractivity contribution in [1.29, 1.82) is 0 Å². The van der Waals surface area contributed by atoms with E-state index in [1.54, 1.807) is 6.92 Å². The molecule has 0 aromatic rings. The van der Waals surface area contributed by atoms with Crippen LogP contribution in [-0.2, 0) is 23.9 Å². The van der Waals surface area contributed by atoms with Gasteiger partial charge in [0.05, 0.1) is 12.0 Å². The van der Waals surface area contributed by atoms with Gasteiger partial charge < -0.3 is 20.1 Å². The third-order valence-corrected chi connectivity index (χ3v) is 3.76. The minimum atomic E-state index is -1.55. The second-order valence-electron chi connectivity index (χ2n) is 7.23. The highest BCUT2D eigenvalue weighted by molar-refractivity contribution is 6.29. The van der Waals surface area contributed by atoms with Crippen molar-refractivity contribution in [3.8, 4) is 0 Å². The Bertz CT molecular complexity index is 497. The molecule has 0 saturated carbocycles. The van der Waals surface area contributed by atoms with Crippen LogP contribution in [0.25, 0.3) is 0 Å². The first-order chi connectivity index (χ1) is 11.6. The summed E-state index contributed by atoms with van der Waals surface area (Å²) < 4.78 is 9.87. The van der Waals surface area contributed by atoms with Crippen LogP contribution >= 0.6 is 0 Å². The summed E-state index contributed by atoms with van der Waals surface area (Å²) >= 11 is 0. The van der Waals surface area contributed by atoms with E-state index in [-0.39, 0.29) is 18.9 Å². The van der Waals surface area contributed by atoms with Crippen molar-refractivity contribution in [3.05, 3.63) is 0 Å². The SMILES string of the molecule is [B]C(CC(C)C)(NC(=O)[C@H]1O[C@@H]1C(=O)OCC)C(=O)NCCC(C)C. The van der Waals surface area contributed by atoms with Gasteiger partial charge in [0.2, 0.25) is 5.91 Å². The molecule has 2 N–H and O–H groups in total. The maximum absolute atomic E-state index is 12.5. The molecule has 0 aromatic carbocycles. The molecule has 1 saturated heterocycles. The van der Waals surface area contributed by atoms with Crippen LogP contribution in [0.1, 0.15) is 47.5 Å². The Balaban J connectivity index is 2.67. The van der Waals surface area contributed by atoms with Gasteiger partial charge in [-0.05, 0) is 31.6 Å². The zero-order valence-electron chi connectivity index (χ0n) is 15.8. The lowest BCUT2D eigenvalue weighted by atomic mass is 9.71. The van der Waals surface area contributed by atoms with Gasteiger partial charge in [-0.2, -0.15) is 0 Å². The Kier molecular flexibility index (Phi) is 7.92. The molecule has 8 heteroatoms. The number of esters is 1. The van der Waals surface area contributed by atoms with Crippen LogP contribution < -0.4 is 10.6 Å². The van der Waals surface area contributed by atoms with E-state index in [0.717, 1.165) is 6.42 Å². The van der Waals surface area contributed by atoms with Gasteiger partial charge in [-0.25, -0.2) is 4.79 Å². The lowest BCUT2D eigenvalue weighted by Gasteiger charge is -2.32. The van der Waals surface area contributed by atoms with Crippen LogP contribution in [0, 0.1) is 11.8 Å². The number of rotatable bonds is 10. The number of hydrogen-bond acceptors (Lipinski definition) is 5. The molecule has 1 rings (SSSR count). The quantitative estimate of drug-likeness (QED) is 0.339. The van der Waals surface area contributed by atoms with Crippen LogP contribution in [-0.4, -0.2) is 56.4 Å². The summed E-state index contributed by atoms with van der Waals surface area (Å²) in [6, 6.07) is 0. The van der Waals surface area contributed by atoms with E-state index in [2.05, 4.69) is 24.5 Å². The van der Waals surface area contributed by atoms with Crippen LogP contribution in [0.15, 0.2) is 0 Å². The van der Waals surface area contributed by atoms with E-state index in [1.807, 2.05) is 13.8 Å². The lowest BCUT2D eigenvalue weighted by Crippen LogP contribution is -2.61. The molecule has 0 bridgehead atoms. The fourth-order valence-electron chi connectivity index (χ4n) is 2.48. The number of carbonyl (C=O) groups is 3. The van der Waals surface area contributed by atoms with Gasteiger partial charge in [-0.15, -0.1) is 0 Å². The molecule has 25 heavy (non-hydrogen) atoms. The molecule has 2 radical (unpaired) electrons. The van der Waals surface area contributed by atoms with Gasteiger partial charge in [-0.1, -0.05) is 27.7 Å². The van der Waals surface area contributed by atoms with Crippen LogP contribution in [0.2, 0.25) is 0 Å². The summed E-state index contributed by atoms with van der Waals surface area (Å²) in [6.07, 6.45) is -0.804. The average molecular weight is 352 g/mol. The molecule has 1 unspecified atom stereocenters. The largest absolute Gasteiger partial charge is 0.464 e. The molecule has 3 atom stereocenters. The Morgan fingerprint density at radius 1 is 1.16 bits per heavy atom. The van der Waals surface area contributed by atoms with Gasteiger partial charge in [0.15, 0.2) is 12.2 Å². The molecule has 0 spiro atoms. The molecule has 1 heterocycles. The minimum Gasteiger partial charge on any atom is -0.464 e. The van der Waals surface area contributed by atoms with Crippen LogP contribution in [0.4, 0.5) is 0 Å². The lowest BCUT2D eigenvalue weighted by molar-refractivity contribution is -0.144. The highest BCUT2D eigenvalue weighted by Gasteiger charge is 2.53. The maximum atomic E-state index is 12.5. The Labute approximate surface area is 151 Å². The van der Waals surface area contributed by atoms with Crippen molar-refractivity contribution in [1.82, 2.24) is 10.6 Å². The van der Waals surface area contributed by atoms with Gasteiger partial charge in [0, 0.05) is 6.54 Å². The highest BCUT2D eigenvalue weighted by atomic mass is 16.6. The van der Waals surface area contributed by atoms with Gasteiger partial charge in [-0.3, -0.25) is 9.59 Å². The second kappa shape index (κ2) is 9.22. The highest BCUT2D eigenvalue weighted by Crippen LogP contribution is 2.25. The summed E-state index contributed by atoms with van der Waals surface area (Å²) in [5, 5.41) is 5.31. The molecule has 1 aliphatic rings. The van der Waals surface area contributed by atoms with Crippen molar-refractivity contribution < 1.29 is 23.9 Å². The molecule has 1 aliphatic heterocycles. The summed E-state index contributed by atoms with van der Waals surface area (Å²) in [4.78, 5) is 36.4. The van der Waals surface area contributed by atoms with Gasteiger partial charge >= 0.3 is 5.97 Å². The zero-order valence-corrected chi connectivity index (χ0v) is 15.8. The number of hydrogen-bond donors (Lipinski definition) is 2. The maximum Gasteiger partial charge on any atom is 0.338 e. The van der Waals surface area contributed by atoms with E-state index in [1.165, 1.54) is 0 Å². The number of ether oxygens (including phenoxy) is 2. The molecule has 0 aliphatic carbocycles. The van der Waals surface area contributed by atoms with Crippen LogP contribution in [0.3, 0.4) is 0 Å². The molecule has 0 aromatic heterocycles. The molecule has 2 amide bonds. The van der Waals surface area contributed by atoms with Crippen molar-refractivity contribution >= 4 is 25.6 Å². The molecule has 1 fully saturated rings. The van der Waals surface area contributed by atoms with Crippen molar-refractivity contribution in [2.75, 3.05) is 13.2 Å². The van der Waals surface area contributed by atoms with Crippen molar-refractivity contribution in [3.63, 3.8) is 0 Å². The van der Waals surface area contributed by atoms with Gasteiger partial charge in [0.1, 0.15) is 7.85 Å². The number of carbonyl (C=O) groups excluding carboxylic acids is 3. The topological polar surface area (TPSA) is 97.0 Å². The fourth-order valence-corrected chi connectivity index (χ4v) is 2.48. The summed E-state index contributed by atoms with van der Waals surface area (Å²) in [7, 11) is 6.19. The normalized spacial score (nSPS) is 21.6. The predicted octanol–water partition coefficient (Wildman–Crippen LogP) is 0.506. The van der Waals surface area contributed by atoms with E-state index >= 15 is 0 Å². The van der Waals surface area contributed by atoms with Gasteiger partial charge in [0.25, 0.3) is 5.91 Å². The molecule has 140 valence electrons. The summed E-state index contributed by atoms with van der Waals surface area (Å²) in [5.41, 5.74) is -1.55. The van der Waals surface area contributed by atoms with E-state index < -0.39 is 35.4 Å². The first kappa shape index (κ1) is 21.5. The Morgan fingerprint density at radius 2 is 1.80 bits per heavy atom. The third-order valence-electron chi connectivity index (χ3n) is 3.76. The first-order valence-corrected chi connectivity index (χ1v) is 8.82. The van der Waals surface area contributed by atoms with E-state index in [9.17, 15) is 14.4 Å². The monoisotopic (exact) mass is 352 g/mol. The Morgan fingerprint density at radius 3 is 2.32 bits per heavy atom. The van der Waals surface area contributed by atoms with Crippen molar-refractivity contribution in [2.45, 2.75) is 65.1 Å². The summed E-state index contributed by atoms with van der Waals surface area (Å²) in [6.45, 7) is 10.3. The van der Waals surface area contributed by atoms with E-state index in [0.29, 0.717) is 12.5 Å².